The lowest BCUT2D eigenvalue weighted by molar-refractivity contribution is -0.140. The minimum atomic E-state index is -3.89. The van der Waals surface area contributed by atoms with Crippen LogP contribution in [-0.2, 0) is 32.6 Å². The normalized spacial score (nSPS) is 12.1. The van der Waals surface area contributed by atoms with Crippen LogP contribution in [0.2, 0.25) is 0 Å². The summed E-state index contributed by atoms with van der Waals surface area (Å²) in [4.78, 5) is 29.1. The van der Waals surface area contributed by atoms with Crippen molar-refractivity contribution in [2.75, 3.05) is 24.2 Å². The van der Waals surface area contributed by atoms with Gasteiger partial charge in [0.15, 0.2) is 0 Å². The van der Waals surface area contributed by atoms with Crippen molar-refractivity contribution in [3.63, 3.8) is 0 Å². The van der Waals surface area contributed by atoms with E-state index in [4.69, 9.17) is 4.74 Å². The molecule has 1 N–H and O–H groups in total. The van der Waals surface area contributed by atoms with Crippen LogP contribution in [0.3, 0.4) is 0 Å². The molecule has 2 amide bonds. The Morgan fingerprint density at radius 1 is 0.923 bits per heavy atom. The van der Waals surface area contributed by atoms with E-state index in [2.05, 4.69) is 5.32 Å². The first kappa shape index (κ1) is 29.7. The van der Waals surface area contributed by atoms with Crippen molar-refractivity contribution in [2.45, 2.75) is 45.8 Å². The minimum absolute atomic E-state index is 0.130. The number of hydrogen-bond donors (Lipinski definition) is 1. The molecule has 8 nitrogen and oxygen atoms in total. The van der Waals surface area contributed by atoms with Crippen molar-refractivity contribution in [3.8, 4) is 5.75 Å². The lowest BCUT2D eigenvalue weighted by atomic mass is 10.0. The third kappa shape index (κ3) is 8.32. The molecule has 0 aliphatic rings. The van der Waals surface area contributed by atoms with Crippen molar-refractivity contribution >= 4 is 27.5 Å². The highest BCUT2D eigenvalue weighted by Crippen LogP contribution is 2.31. The summed E-state index contributed by atoms with van der Waals surface area (Å²) in [5.74, 6) is -0.489. The average molecular weight is 552 g/mol. The Balaban J connectivity index is 2.08. The fourth-order valence-electron chi connectivity index (χ4n) is 4.30. The molecule has 1 atom stereocenters. The molecule has 3 rings (SSSR count). The van der Waals surface area contributed by atoms with Gasteiger partial charge in [-0.3, -0.25) is 13.9 Å². The molecule has 0 saturated carbocycles. The number of ether oxygens (including phenoxy) is 1. The Morgan fingerprint density at radius 3 is 2.05 bits per heavy atom. The highest BCUT2D eigenvalue weighted by molar-refractivity contribution is 7.92. The van der Waals surface area contributed by atoms with Crippen LogP contribution in [0.4, 0.5) is 5.69 Å². The molecule has 0 aromatic heterocycles. The van der Waals surface area contributed by atoms with E-state index in [0.29, 0.717) is 5.75 Å². The maximum Gasteiger partial charge on any atom is 0.244 e. The molecule has 0 saturated heterocycles. The van der Waals surface area contributed by atoms with Gasteiger partial charge in [0.2, 0.25) is 21.8 Å². The van der Waals surface area contributed by atoms with Crippen LogP contribution in [0.1, 0.15) is 30.5 Å². The van der Waals surface area contributed by atoms with Crippen molar-refractivity contribution in [1.82, 2.24) is 10.2 Å². The summed E-state index contributed by atoms with van der Waals surface area (Å²) in [5, 5.41) is 2.94. The zero-order valence-corrected chi connectivity index (χ0v) is 23.9. The number of carbonyl (C=O) groups excluding carboxylic acids is 2. The number of amides is 2. The molecule has 0 fully saturated rings. The molecule has 0 aliphatic heterocycles. The SMILES string of the molecule is COc1ccc(C)cc1N(CC(=O)N(Cc1ccccc1)[C@H](Cc1ccccc1)C(=O)NC(C)C)S(C)(=O)=O. The molecule has 9 heteroatoms. The molecule has 3 aromatic carbocycles. The number of nitrogens with zero attached hydrogens (tertiary/aromatic N) is 2. The first-order chi connectivity index (χ1) is 18.5. The van der Waals surface area contributed by atoms with Crippen LogP contribution in [-0.4, -0.2) is 57.1 Å². The van der Waals surface area contributed by atoms with Crippen molar-refractivity contribution < 1.29 is 22.7 Å². The summed E-state index contributed by atoms with van der Waals surface area (Å²) in [6.45, 7) is 5.18. The second kappa shape index (κ2) is 13.3. The Hall–Kier alpha value is -3.85. The van der Waals surface area contributed by atoms with Gasteiger partial charge in [0, 0.05) is 19.0 Å². The minimum Gasteiger partial charge on any atom is -0.495 e. The Morgan fingerprint density at radius 2 is 1.51 bits per heavy atom. The lowest BCUT2D eigenvalue weighted by Crippen LogP contribution is -2.54. The van der Waals surface area contributed by atoms with Crippen molar-refractivity contribution in [2.24, 2.45) is 0 Å². The number of methoxy groups -OCH3 is 1. The quantitative estimate of drug-likeness (QED) is 0.368. The van der Waals surface area contributed by atoms with Crippen LogP contribution in [0.5, 0.6) is 5.75 Å². The number of sulfonamides is 1. The zero-order chi connectivity index (χ0) is 28.6. The summed E-state index contributed by atoms with van der Waals surface area (Å²) in [5.41, 5.74) is 2.78. The van der Waals surface area contributed by atoms with E-state index in [0.717, 1.165) is 27.3 Å². The van der Waals surface area contributed by atoms with E-state index in [1.165, 1.54) is 12.0 Å². The zero-order valence-electron chi connectivity index (χ0n) is 23.1. The van der Waals surface area contributed by atoms with Crippen LogP contribution < -0.4 is 14.4 Å². The van der Waals surface area contributed by atoms with E-state index >= 15 is 0 Å². The van der Waals surface area contributed by atoms with Gasteiger partial charge >= 0.3 is 0 Å². The number of nitrogens with one attached hydrogen (secondary N) is 1. The summed E-state index contributed by atoms with van der Waals surface area (Å²) < 4.78 is 32.4. The number of hydrogen-bond acceptors (Lipinski definition) is 5. The summed E-state index contributed by atoms with van der Waals surface area (Å²) in [6.07, 6.45) is 1.32. The summed E-state index contributed by atoms with van der Waals surface area (Å²) in [7, 11) is -2.44. The molecule has 3 aromatic rings. The van der Waals surface area contributed by atoms with Gasteiger partial charge in [-0.1, -0.05) is 66.7 Å². The van der Waals surface area contributed by atoms with Gasteiger partial charge in [0.1, 0.15) is 18.3 Å². The molecule has 0 aliphatic carbocycles. The predicted octanol–water partition coefficient (Wildman–Crippen LogP) is 3.93. The predicted molar refractivity (Wildman–Crippen MR) is 154 cm³/mol. The van der Waals surface area contributed by atoms with Gasteiger partial charge in [-0.15, -0.1) is 0 Å². The van der Waals surface area contributed by atoms with E-state index < -0.39 is 28.5 Å². The summed E-state index contributed by atoms with van der Waals surface area (Å²) >= 11 is 0. The van der Waals surface area contributed by atoms with Crippen LogP contribution in [0, 0.1) is 6.92 Å². The summed E-state index contributed by atoms with van der Waals surface area (Å²) in [6, 6.07) is 22.9. The second-order valence-electron chi connectivity index (χ2n) is 9.82. The van der Waals surface area contributed by atoms with Gasteiger partial charge in [-0.2, -0.15) is 0 Å². The molecule has 39 heavy (non-hydrogen) atoms. The highest BCUT2D eigenvalue weighted by atomic mass is 32.2. The average Bonchev–Trinajstić information content (AvgIpc) is 2.89. The van der Waals surface area contributed by atoms with Gasteiger partial charge < -0.3 is 15.0 Å². The van der Waals surface area contributed by atoms with Crippen LogP contribution >= 0.6 is 0 Å². The maximum atomic E-state index is 14.1. The Bertz CT molecular complexity index is 1360. The number of anilines is 1. The van der Waals surface area contributed by atoms with Crippen LogP contribution in [0.25, 0.3) is 0 Å². The Labute approximate surface area is 231 Å². The monoisotopic (exact) mass is 551 g/mol. The van der Waals surface area contributed by atoms with Crippen molar-refractivity contribution in [3.05, 3.63) is 95.6 Å². The van der Waals surface area contributed by atoms with E-state index in [-0.39, 0.29) is 30.6 Å². The number of benzene rings is 3. The molecule has 0 bridgehead atoms. The molecular formula is C30H37N3O5S. The Kier molecular flexibility index (Phi) is 10.1. The van der Waals surface area contributed by atoms with E-state index in [9.17, 15) is 18.0 Å². The third-order valence-electron chi connectivity index (χ3n) is 6.18. The fraction of sp³-hybridized carbons (Fsp3) is 0.333. The second-order valence-corrected chi connectivity index (χ2v) is 11.7. The molecule has 0 spiro atoms. The van der Waals surface area contributed by atoms with Crippen LogP contribution in [0.15, 0.2) is 78.9 Å². The number of aryl methyl sites for hydroxylation is 1. The number of rotatable bonds is 12. The topological polar surface area (TPSA) is 96.0 Å². The standard InChI is InChI=1S/C30H37N3O5S/c1-22(2)31-30(35)27(19-24-12-8-6-9-13-24)32(20-25-14-10-7-11-15-25)29(34)21-33(39(5,36)37)26-18-23(3)16-17-28(26)38-4/h6-18,22,27H,19-21H2,1-5H3,(H,31,35)/t27-/m1/s1. The van der Waals surface area contributed by atoms with Gasteiger partial charge in [-0.25, -0.2) is 8.42 Å². The van der Waals surface area contributed by atoms with E-state index in [1.54, 1.807) is 18.2 Å². The fourth-order valence-corrected chi connectivity index (χ4v) is 5.15. The molecular weight excluding hydrogens is 514 g/mol. The molecule has 0 radical (unpaired) electrons. The largest absolute Gasteiger partial charge is 0.495 e. The number of carbonyl (C=O) groups is 2. The van der Waals surface area contributed by atoms with Crippen molar-refractivity contribution in [1.29, 1.82) is 0 Å². The third-order valence-corrected chi connectivity index (χ3v) is 7.31. The van der Waals surface area contributed by atoms with Gasteiger partial charge in [0.25, 0.3) is 0 Å². The molecule has 0 heterocycles. The van der Waals surface area contributed by atoms with Gasteiger partial charge in [-0.05, 0) is 49.6 Å². The maximum absolute atomic E-state index is 14.1. The van der Waals surface area contributed by atoms with E-state index in [1.807, 2.05) is 81.4 Å². The smallest absolute Gasteiger partial charge is 0.244 e. The first-order valence-electron chi connectivity index (χ1n) is 12.8. The highest BCUT2D eigenvalue weighted by Gasteiger charge is 2.34. The van der Waals surface area contributed by atoms with Gasteiger partial charge in [0.05, 0.1) is 19.1 Å². The first-order valence-corrected chi connectivity index (χ1v) is 14.6. The lowest BCUT2D eigenvalue weighted by Gasteiger charge is -2.34. The molecule has 0 unspecified atom stereocenters. The molecule has 208 valence electrons.